The van der Waals surface area contributed by atoms with Crippen LogP contribution in [0.1, 0.15) is 86.7 Å². The summed E-state index contributed by atoms with van der Waals surface area (Å²) in [6, 6.07) is 22.9. The van der Waals surface area contributed by atoms with Gasteiger partial charge in [-0.25, -0.2) is 9.59 Å². The van der Waals surface area contributed by atoms with E-state index < -0.39 is 113 Å². The number of benzene rings is 3. The molecule has 4 aliphatic rings. The average molecular weight is 854 g/mol. The monoisotopic (exact) mass is 853 g/mol. The Morgan fingerprint density at radius 3 is 1.95 bits per heavy atom. The van der Waals surface area contributed by atoms with Gasteiger partial charge in [-0.3, -0.25) is 19.2 Å². The Kier molecular flexibility index (Phi) is 11.8. The van der Waals surface area contributed by atoms with Gasteiger partial charge in [0.15, 0.2) is 23.6 Å². The number of rotatable bonds is 10. The third kappa shape index (κ3) is 7.29. The molecule has 1 amide bonds. The number of fused-ring (bicyclic) bond motifs is 5. The molecule has 328 valence electrons. The SMILES string of the molecule is CC(=O)O[C@H]1C(=O)[C@@]2(C)C(C(OC(=O)c3ccccc3)[C@]3(O)C[C@H](OC(=O)[C@H](O)[C@@H](NC(=O)c4ccccc4)c4ccccc4)C(C)=C1C3(C)C)[C@]1(OC(C)=O)COC1C[C@H]2O. The van der Waals surface area contributed by atoms with Crippen molar-refractivity contribution in [3.05, 3.63) is 119 Å². The summed E-state index contributed by atoms with van der Waals surface area (Å²) in [7, 11) is 0. The normalized spacial score (nSPS) is 31.9. The summed E-state index contributed by atoms with van der Waals surface area (Å²) in [5, 5.41) is 40.2. The molecule has 4 N–H and O–H groups in total. The Hall–Kier alpha value is -5.74. The molecule has 3 unspecified atom stereocenters. The molecule has 2 saturated carbocycles. The van der Waals surface area contributed by atoms with Crippen molar-refractivity contribution in [2.45, 2.75) is 108 Å². The number of hydrogen-bond donors (Lipinski definition) is 4. The standard InChI is InChI=1S/C47H51NO14/c1-25-31(60-43(56)36(52)35(28-16-10-7-11-17-28)48-41(54)29-18-12-8-13-19-29)23-47(57)40(61-42(55)30-20-14-9-15-21-30)38-45(6,32(51)22-33-46(38,24-58-33)62-27(3)50)39(53)37(59-26(2)49)34(25)44(47,4)5/h7-21,31-33,35-38,40,51-52,57H,22-24H2,1-6H3,(H,48,54)/t31-,32+,33?,35-,36+,37+,38?,40?,45+,46-,47+/m0/s1. The van der Waals surface area contributed by atoms with Crippen molar-refractivity contribution in [3.8, 4) is 0 Å². The van der Waals surface area contributed by atoms with Crippen LogP contribution < -0.4 is 5.32 Å². The van der Waals surface area contributed by atoms with E-state index in [0.717, 1.165) is 13.8 Å². The van der Waals surface area contributed by atoms with E-state index in [1.807, 2.05) is 0 Å². The number of hydrogen-bond acceptors (Lipinski definition) is 14. The van der Waals surface area contributed by atoms with E-state index in [9.17, 15) is 39.3 Å². The highest BCUT2D eigenvalue weighted by Crippen LogP contribution is 2.64. The molecule has 7 rings (SSSR count). The Bertz CT molecular complexity index is 2280. The summed E-state index contributed by atoms with van der Waals surface area (Å²) in [4.78, 5) is 83.5. The molecule has 1 saturated heterocycles. The highest BCUT2D eigenvalue weighted by molar-refractivity contribution is 5.96. The second kappa shape index (κ2) is 16.5. The lowest BCUT2D eigenvalue weighted by molar-refractivity contribution is -0.346. The average Bonchev–Trinajstić information content (AvgIpc) is 3.24. The van der Waals surface area contributed by atoms with Gasteiger partial charge in [-0.05, 0) is 54.8 Å². The minimum Gasteiger partial charge on any atom is -0.456 e. The van der Waals surface area contributed by atoms with Gasteiger partial charge in [0.2, 0.25) is 0 Å². The van der Waals surface area contributed by atoms with Crippen LogP contribution in [-0.2, 0) is 42.9 Å². The third-order valence-corrected chi connectivity index (χ3v) is 13.5. The van der Waals surface area contributed by atoms with Crippen molar-refractivity contribution in [2.75, 3.05) is 6.61 Å². The molecule has 3 aliphatic carbocycles. The van der Waals surface area contributed by atoms with Gasteiger partial charge in [0, 0.05) is 37.7 Å². The molecule has 1 aliphatic heterocycles. The van der Waals surface area contributed by atoms with Crippen LogP contribution >= 0.6 is 0 Å². The zero-order valence-electron chi connectivity index (χ0n) is 35.2. The first kappa shape index (κ1) is 44.3. The van der Waals surface area contributed by atoms with E-state index >= 15 is 4.79 Å². The summed E-state index contributed by atoms with van der Waals surface area (Å²) >= 11 is 0. The number of carbonyl (C=O) groups excluding carboxylic acids is 6. The van der Waals surface area contributed by atoms with Gasteiger partial charge in [-0.2, -0.15) is 0 Å². The van der Waals surface area contributed by atoms with Gasteiger partial charge < -0.3 is 44.3 Å². The van der Waals surface area contributed by atoms with Crippen molar-refractivity contribution in [3.63, 3.8) is 0 Å². The first-order chi connectivity index (χ1) is 29.3. The third-order valence-electron chi connectivity index (χ3n) is 13.5. The number of esters is 4. The van der Waals surface area contributed by atoms with Crippen molar-refractivity contribution >= 4 is 35.6 Å². The largest absolute Gasteiger partial charge is 0.456 e. The number of amides is 1. The molecule has 3 aromatic carbocycles. The molecule has 62 heavy (non-hydrogen) atoms. The second-order valence-electron chi connectivity index (χ2n) is 17.4. The molecule has 15 nitrogen and oxygen atoms in total. The number of Topliss-reactive ketones (excluding diaryl/α,β-unsaturated/α-hetero) is 1. The zero-order chi connectivity index (χ0) is 44.9. The van der Waals surface area contributed by atoms with Crippen molar-refractivity contribution in [2.24, 2.45) is 16.7 Å². The number of carbonyl (C=O) groups is 6. The fraction of sp³-hybridized carbons (Fsp3) is 0.447. The van der Waals surface area contributed by atoms with Crippen LogP contribution in [0.2, 0.25) is 0 Å². The molecule has 15 heteroatoms. The maximum Gasteiger partial charge on any atom is 0.338 e. The summed E-state index contributed by atoms with van der Waals surface area (Å²) in [6.45, 7) is 7.97. The summed E-state index contributed by atoms with van der Waals surface area (Å²) in [6.07, 6.45) is -10.5. The molecule has 11 atom stereocenters. The predicted octanol–water partition coefficient (Wildman–Crippen LogP) is 3.74. The number of aliphatic hydroxyl groups is 3. The Labute approximate surface area is 358 Å². The molecular weight excluding hydrogens is 803 g/mol. The molecule has 2 bridgehead atoms. The molecule has 1 heterocycles. The Balaban J connectivity index is 1.39. The first-order valence-electron chi connectivity index (χ1n) is 20.5. The topological polar surface area (TPSA) is 221 Å². The molecular formula is C47H51NO14. The van der Waals surface area contributed by atoms with Gasteiger partial charge in [-0.15, -0.1) is 0 Å². The van der Waals surface area contributed by atoms with E-state index in [-0.39, 0.29) is 35.3 Å². The number of nitrogens with one attached hydrogen (secondary N) is 1. The molecule has 0 radical (unpaired) electrons. The summed E-state index contributed by atoms with van der Waals surface area (Å²) in [5.41, 5.74) is -7.02. The predicted molar refractivity (Wildman–Crippen MR) is 218 cm³/mol. The number of ether oxygens (including phenoxy) is 5. The highest BCUT2D eigenvalue weighted by atomic mass is 16.6. The van der Waals surface area contributed by atoms with Crippen LogP contribution in [0, 0.1) is 16.7 Å². The van der Waals surface area contributed by atoms with Crippen LogP contribution in [-0.4, -0.2) is 105 Å². The van der Waals surface area contributed by atoms with Gasteiger partial charge in [0.25, 0.3) is 5.91 Å². The maximum atomic E-state index is 15.5. The van der Waals surface area contributed by atoms with Crippen LogP contribution in [0.4, 0.5) is 0 Å². The lowest BCUT2D eigenvalue weighted by atomic mass is 9.44. The van der Waals surface area contributed by atoms with Crippen LogP contribution in [0.5, 0.6) is 0 Å². The van der Waals surface area contributed by atoms with Crippen LogP contribution in [0.15, 0.2) is 102 Å². The van der Waals surface area contributed by atoms with E-state index in [1.165, 1.54) is 26.0 Å². The minimum atomic E-state index is -2.39. The summed E-state index contributed by atoms with van der Waals surface area (Å²) in [5.74, 6) is -6.84. The van der Waals surface area contributed by atoms with E-state index in [2.05, 4.69) is 5.32 Å². The number of ketones is 1. The Morgan fingerprint density at radius 1 is 0.823 bits per heavy atom. The van der Waals surface area contributed by atoms with Gasteiger partial charge in [0.1, 0.15) is 23.9 Å². The van der Waals surface area contributed by atoms with Gasteiger partial charge in [-0.1, -0.05) is 80.6 Å². The quantitative estimate of drug-likeness (QED) is 0.130. The second-order valence-corrected chi connectivity index (χ2v) is 17.4. The lowest BCUT2D eigenvalue weighted by Gasteiger charge is -2.67. The molecule has 0 aromatic heterocycles. The van der Waals surface area contributed by atoms with E-state index in [0.29, 0.717) is 5.56 Å². The minimum absolute atomic E-state index is 0.00289. The fourth-order valence-electron chi connectivity index (χ4n) is 10.2. The molecule has 0 spiro atoms. The lowest BCUT2D eigenvalue weighted by Crippen LogP contribution is -2.82. The Morgan fingerprint density at radius 2 is 1.40 bits per heavy atom. The highest BCUT2D eigenvalue weighted by Gasteiger charge is 2.78. The number of aliphatic hydroxyl groups excluding tert-OH is 2. The first-order valence-corrected chi connectivity index (χ1v) is 20.5. The van der Waals surface area contributed by atoms with E-state index in [1.54, 1.807) is 92.7 Å². The van der Waals surface area contributed by atoms with Crippen LogP contribution in [0.25, 0.3) is 0 Å². The zero-order valence-corrected chi connectivity index (χ0v) is 35.2. The van der Waals surface area contributed by atoms with Crippen molar-refractivity contribution < 1.29 is 67.8 Å². The maximum absolute atomic E-state index is 15.5. The van der Waals surface area contributed by atoms with Crippen LogP contribution in [0.3, 0.4) is 0 Å². The fourth-order valence-corrected chi connectivity index (χ4v) is 10.2. The van der Waals surface area contributed by atoms with Gasteiger partial charge >= 0.3 is 23.9 Å². The summed E-state index contributed by atoms with van der Waals surface area (Å²) < 4.78 is 30.3. The van der Waals surface area contributed by atoms with Crippen molar-refractivity contribution in [1.82, 2.24) is 5.32 Å². The van der Waals surface area contributed by atoms with Gasteiger partial charge in [0.05, 0.1) is 35.6 Å². The molecule has 3 fully saturated rings. The smallest absolute Gasteiger partial charge is 0.338 e. The molecule has 3 aromatic rings. The van der Waals surface area contributed by atoms with E-state index in [4.69, 9.17) is 23.7 Å². The van der Waals surface area contributed by atoms with Crippen molar-refractivity contribution in [1.29, 1.82) is 0 Å².